The molecule has 0 aliphatic carbocycles. The van der Waals surface area contributed by atoms with Crippen molar-refractivity contribution in [3.8, 4) is 0 Å². The number of amides is 1. The van der Waals surface area contributed by atoms with E-state index in [-0.39, 0.29) is 18.1 Å². The minimum absolute atomic E-state index is 0.0149. The Hall–Kier alpha value is -1.87. The van der Waals surface area contributed by atoms with E-state index in [2.05, 4.69) is 27.4 Å². The number of piperidine rings is 3. The molecule has 4 fully saturated rings. The second-order valence-electron chi connectivity index (χ2n) is 8.32. The van der Waals surface area contributed by atoms with Crippen LogP contribution in [-0.2, 0) is 4.74 Å². The van der Waals surface area contributed by atoms with Gasteiger partial charge in [0.05, 0.1) is 12.8 Å². The molecule has 2 N–H and O–H groups in total. The Balaban J connectivity index is 1.19. The lowest BCUT2D eigenvalue weighted by molar-refractivity contribution is 0.00899. The summed E-state index contributed by atoms with van der Waals surface area (Å²) >= 11 is 1.50. The number of nitrogens with zero attached hydrogens (tertiary/aromatic N) is 2. The number of nitrogens with one attached hydrogen (secondary N) is 2. The molecule has 7 nitrogen and oxygen atoms in total. The number of fused-ring (bicyclic) bond motifs is 3. The number of hydrogen-bond donors (Lipinski definition) is 2. The molecule has 0 spiro atoms. The molecule has 160 valence electrons. The summed E-state index contributed by atoms with van der Waals surface area (Å²) in [5.74, 6) is 1.22. The average molecular weight is 429 g/mol. The zero-order valence-electron chi connectivity index (χ0n) is 17.2. The Morgan fingerprint density at radius 1 is 1.27 bits per heavy atom. The van der Waals surface area contributed by atoms with Gasteiger partial charge in [0, 0.05) is 35.6 Å². The molecule has 0 saturated carbocycles. The smallest absolute Gasteiger partial charge is 0.251 e. The summed E-state index contributed by atoms with van der Waals surface area (Å²) in [6.07, 6.45) is 3.97. The minimum Gasteiger partial charge on any atom is -0.431 e. The van der Waals surface area contributed by atoms with Crippen molar-refractivity contribution in [2.45, 2.75) is 47.9 Å². The first-order chi connectivity index (χ1) is 14.7. The molecular formula is C22H28N4O3S. The second-order valence-corrected chi connectivity index (χ2v) is 9.40. The van der Waals surface area contributed by atoms with Crippen molar-refractivity contribution in [1.82, 2.24) is 20.5 Å². The van der Waals surface area contributed by atoms with E-state index in [0.29, 0.717) is 36.6 Å². The number of carbonyl (C=O) groups excluding carboxylic acids is 1. The molecule has 1 unspecified atom stereocenters. The maximum atomic E-state index is 12.8. The fourth-order valence-corrected chi connectivity index (χ4v) is 5.50. The van der Waals surface area contributed by atoms with Crippen LogP contribution in [0, 0.1) is 5.92 Å². The Morgan fingerprint density at radius 3 is 2.77 bits per heavy atom. The van der Waals surface area contributed by atoms with E-state index in [1.807, 2.05) is 24.3 Å². The lowest BCUT2D eigenvalue weighted by Gasteiger charge is -2.49. The van der Waals surface area contributed by atoms with Gasteiger partial charge in [0.2, 0.25) is 5.89 Å². The van der Waals surface area contributed by atoms with Crippen molar-refractivity contribution in [2.24, 2.45) is 5.92 Å². The van der Waals surface area contributed by atoms with Crippen molar-refractivity contribution in [2.75, 3.05) is 32.8 Å². The number of oxazole rings is 1. The largest absolute Gasteiger partial charge is 0.431 e. The van der Waals surface area contributed by atoms with E-state index < -0.39 is 0 Å². The van der Waals surface area contributed by atoms with Gasteiger partial charge in [0.25, 0.3) is 5.91 Å². The molecule has 30 heavy (non-hydrogen) atoms. The third kappa shape index (κ3) is 4.14. The highest BCUT2D eigenvalue weighted by molar-refractivity contribution is 7.99. The summed E-state index contributed by atoms with van der Waals surface area (Å²) in [7, 11) is 0. The van der Waals surface area contributed by atoms with E-state index >= 15 is 0 Å². The summed E-state index contributed by atoms with van der Waals surface area (Å²) in [5.41, 5.74) is 0.697. The predicted molar refractivity (Wildman–Crippen MR) is 114 cm³/mol. The van der Waals surface area contributed by atoms with Crippen LogP contribution in [0.25, 0.3) is 0 Å². The third-order valence-corrected chi connectivity index (χ3v) is 7.41. The fourth-order valence-electron chi connectivity index (χ4n) is 4.76. The predicted octanol–water partition coefficient (Wildman–Crippen LogP) is 2.70. The highest BCUT2D eigenvalue weighted by Crippen LogP contribution is 2.33. The van der Waals surface area contributed by atoms with Crippen molar-refractivity contribution in [3.05, 3.63) is 41.9 Å². The molecule has 4 aliphatic rings. The van der Waals surface area contributed by atoms with Crippen LogP contribution >= 0.6 is 11.8 Å². The molecule has 3 atom stereocenters. The van der Waals surface area contributed by atoms with Gasteiger partial charge in [-0.2, -0.15) is 0 Å². The van der Waals surface area contributed by atoms with E-state index in [1.54, 1.807) is 6.20 Å². The van der Waals surface area contributed by atoms with Gasteiger partial charge in [-0.3, -0.25) is 9.69 Å². The number of hydrogen-bond acceptors (Lipinski definition) is 7. The van der Waals surface area contributed by atoms with Gasteiger partial charge in [-0.05, 0) is 63.0 Å². The summed E-state index contributed by atoms with van der Waals surface area (Å²) in [5, 5.41) is 7.29. The number of ether oxygens (including phenoxy) is 1. The molecule has 1 aromatic carbocycles. The number of benzene rings is 1. The van der Waals surface area contributed by atoms with Crippen molar-refractivity contribution in [1.29, 1.82) is 0 Å². The Kier molecular flexibility index (Phi) is 5.82. The van der Waals surface area contributed by atoms with E-state index in [4.69, 9.17) is 9.15 Å². The third-order valence-electron chi connectivity index (χ3n) is 6.52. The molecule has 0 radical (unpaired) electrons. The molecule has 4 aliphatic heterocycles. The van der Waals surface area contributed by atoms with Crippen molar-refractivity contribution < 1.29 is 13.9 Å². The summed E-state index contributed by atoms with van der Waals surface area (Å²) in [6.45, 7) is 6.80. The van der Waals surface area contributed by atoms with Crippen LogP contribution in [-0.4, -0.2) is 60.7 Å². The first-order valence-electron chi connectivity index (χ1n) is 10.8. The number of rotatable bonds is 5. The lowest BCUT2D eigenvalue weighted by atomic mass is 9.79. The van der Waals surface area contributed by atoms with Crippen LogP contribution in [0.5, 0.6) is 0 Å². The molecule has 8 heteroatoms. The Bertz CT molecular complexity index is 871. The summed E-state index contributed by atoms with van der Waals surface area (Å²) < 4.78 is 11.5. The maximum absolute atomic E-state index is 12.8. The highest BCUT2D eigenvalue weighted by Gasteiger charge is 2.40. The van der Waals surface area contributed by atoms with E-state index in [0.717, 1.165) is 29.6 Å². The molecule has 5 heterocycles. The van der Waals surface area contributed by atoms with Crippen LogP contribution in [0.4, 0.5) is 0 Å². The topological polar surface area (TPSA) is 79.6 Å². The maximum Gasteiger partial charge on any atom is 0.251 e. The summed E-state index contributed by atoms with van der Waals surface area (Å²) in [4.78, 5) is 20.6. The normalized spacial score (nSPS) is 30.9. The molecule has 1 aromatic heterocycles. The highest BCUT2D eigenvalue weighted by atomic mass is 32.2. The van der Waals surface area contributed by atoms with Crippen LogP contribution in [0.1, 0.15) is 42.1 Å². The van der Waals surface area contributed by atoms with Gasteiger partial charge in [-0.15, -0.1) is 0 Å². The van der Waals surface area contributed by atoms with Gasteiger partial charge >= 0.3 is 0 Å². The zero-order valence-corrected chi connectivity index (χ0v) is 18.0. The van der Waals surface area contributed by atoms with Crippen LogP contribution < -0.4 is 10.6 Å². The molecule has 2 aromatic rings. The fraction of sp³-hybridized carbons (Fsp3) is 0.545. The molecule has 4 saturated heterocycles. The molecule has 2 bridgehead atoms. The Labute approximate surface area is 180 Å². The standard InChI is InChI=1S/C22H28N4O3S/c1-14-20(15-6-9-26(14)10-7-15)25-21(27)16-2-4-17(5-3-16)30-19-13-24-22(29-19)18-12-23-8-11-28-18/h2-5,13-15,18,20,23H,6-12H2,1H3,(H,25,27)/t14-,18?,20-/m0/s1. The van der Waals surface area contributed by atoms with Gasteiger partial charge in [0.1, 0.15) is 6.10 Å². The van der Waals surface area contributed by atoms with Gasteiger partial charge < -0.3 is 19.8 Å². The van der Waals surface area contributed by atoms with Gasteiger partial charge in [0.15, 0.2) is 5.09 Å². The molecule has 6 rings (SSSR count). The van der Waals surface area contributed by atoms with E-state index in [9.17, 15) is 4.79 Å². The number of aromatic nitrogens is 1. The quantitative estimate of drug-likeness (QED) is 0.758. The van der Waals surface area contributed by atoms with Crippen LogP contribution in [0.15, 0.2) is 44.9 Å². The number of morpholine rings is 1. The van der Waals surface area contributed by atoms with E-state index in [1.165, 1.54) is 24.6 Å². The SMILES string of the molecule is C[C@H]1[C@H](NC(=O)c2ccc(Sc3cnc(C4CNCCO4)o3)cc2)C2CCN1CC2. The average Bonchev–Trinajstić information content (AvgIpc) is 3.26. The van der Waals surface area contributed by atoms with Crippen molar-refractivity contribution in [3.63, 3.8) is 0 Å². The van der Waals surface area contributed by atoms with Crippen LogP contribution in [0.2, 0.25) is 0 Å². The first kappa shape index (κ1) is 20.1. The zero-order chi connectivity index (χ0) is 20.5. The molecular weight excluding hydrogens is 400 g/mol. The van der Waals surface area contributed by atoms with Crippen LogP contribution in [0.3, 0.4) is 0 Å². The second kappa shape index (κ2) is 8.70. The van der Waals surface area contributed by atoms with Gasteiger partial charge in [-0.1, -0.05) is 11.8 Å². The molecule has 1 amide bonds. The summed E-state index contributed by atoms with van der Waals surface area (Å²) in [6, 6.07) is 8.35. The monoisotopic (exact) mass is 428 g/mol. The number of carbonyl (C=O) groups is 1. The first-order valence-corrected chi connectivity index (χ1v) is 11.6. The minimum atomic E-state index is -0.132. The van der Waals surface area contributed by atoms with Gasteiger partial charge in [-0.25, -0.2) is 4.98 Å². The van der Waals surface area contributed by atoms with Crippen molar-refractivity contribution >= 4 is 17.7 Å². The Morgan fingerprint density at radius 2 is 2.07 bits per heavy atom. The lowest BCUT2D eigenvalue weighted by Crippen LogP contribution is -2.62.